The zero-order valence-corrected chi connectivity index (χ0v) is 29.0. The Bertz CT molecular complexity index is 1920. The molecule has 0 saturated carbocycles. The minimum atomic E-state index is -0.910. The first-order valence-electron chi connectivity index (χ1n) is 15.8. The molecule has 3 aromatic rings. The van der Waals surface area contributed by atoms with Crippen LogP contribution in [0.3, 0.4) is 0 Å². The van der Waals surface area contributed by atoms with Crippen LogP contribution in [0.1, 0.15) is 107 Å². The van der Waals surface area contributed by atoms with E-state index < -0.39 is 40.3 Å². The minimum Gasteiger partial charge on any atom is -0.497 e. The van der Waals surface area contributed by atoms with Crippen molar-refractivity contribution in [3.05, 3.63) is 68.8 Å². The molecule has 10 nitrogen and oxygen atoms in total. The van der Waals surface area contributed by atoms with Gasteiger partial charge in [-0.05, 0) is 97.1 Å². The van der Waals surface area contributed by atoms with E-state index >= 15 is 0 Å². The van der Waals surface area contributed by atoms with Gasteiger partial charge < -0.3 is 23.7 Å². The van der Waals surface area contributed by atoms with Gasteiger partial charge in [-0.25, -0.2) is 4.79 Å². The second kappa shape index (κ2) is 12.2. The molecule has 0 saturated heterocycles. The maximum Gasteiger partial charge on any atom is 0.341 e. The van der Waals surface area contributed by atoms with Crippen LogP contribution in [0.25, 0.3) is 11.1 Å². The Morgan fingerprint density at radius 1 is 0.729 bits per heavy atom. The topological polar surface area (TPSA) is 132 Å². The van der Waals surface area contributed by atoms with Gasteiger partial charge in [-0.1, -0.05) is 6.07 Å². The van der Waals surface area contributed by atoms with Crippen LogP contribution in [0, 0.1) is 17.8 Å². The number of fused-ring (bicyclic) bond motifs is 5. The lowest BCUT2D eigenvalue weighted by Crippen LogP contribution is -2.29. The number of esters is 3. The SMILES string of the molecule is CCOc1c2c(cc3c1C(=O)c1c(OC(=O)C(C)(C)C)cc(OC)cc1C3=O)-c1c(cc(C)c(C(=O)OC)c1OC(=O)C(C)(C)C)CC2. The van der Waals surface area contributed by atoms with Crippen LogP contribution in [0.5, 0.6) is 23.0 Å². The first-order valence-corrected chi connectivity index (χ1v) is 15.8. The number of hydrogen-bond acceptors (Lipinski definition) is 10. The minimum absolute atomic E-state index is 0.000491. The molecule has 0 bridgehead atoms. The normalized spacial score (nSPS) is 13.5. The van der Waals surface area contributed by atoms with Crippen LogP contribution >= 0.6 is 0 Å². The molecule has 0 radical (unpaired) electrons. The van der Waals surface area contributed by atoms with E-state index in [4.69, 9.17) is 23.7 Å². The Morgan fingerprint density at radius 2 is 1.35 bits per heavy atom. The molecule has 0 amide bonds. The van der Waals surface area contributed by atoms with E-state index in [0.29, 0.717) is 35.1 Å². The fourth-order valence-electron chi connectivity index (χ4n) is 5.91. The molecule has 0 N–H and O–H groups in total. The van der Waals surface area contributed by atoms with Crippen molar-refractivity contribution >= 4 is 29.5 Å². The van der Waals surface area contributed by atoms with Crippen LogP contribution < -0.4 is 18.9 Å². The molecule has 0 aliphatic heterocycles. The molecular weight excluding hydrogens is 616 g/mol. The van der Waals surface area contributed by atoms with Crippen molar-refractivity contribution in [1.29, 1.82) is 0 Å². The van der Waals surface area contributed by atoms with E-state index in [1.165, 1.54) is 26.4 Å². The van der Waals surface area contributed by atoms with Crippen molar-refractivity contribution in [3.8, 4) is 34.1 Å². The van der Waals surface area contributed by atoms with Crippen molar-refractivity contribution in [2.24, 2.45) is 10.8 Å². The molecule has 2 aliphatic carbocycles. The molecule has 2 aliphatic rings. The summed E-state index contributed by atoms with van der Waals surface area (Å²) in [5, 5.41) is 0. The number of carbonyl (C=O) groups excluding carboxylic acids is 5. The van der Waals surface area contributed by atoms with Crippen LogP contribution in [0.4, 0.5) is 0 Å². The van der Waals surface area contributed by atoms with E-state index in [-0.39, 0.29) is 57.4 Å². The van der Waals surface area contributed by atoms with Gasteiger partial charge in [0, 0.05) is 28.3 Å². The average molecular weight is 657 g/mol. The third-order valence-electron chi connectivity index (χ3n) is 8.41. The summed E-state index contributed by atoms with van der Waals surface area (Å²) in [5.41, 5.74) is 1.22. The third kappa shape index (κ3) is 5.73. The number of aryl methyl sites for hydroxylation is 2. The summed E-state index contributed by atoms with van der Waals surface area (Å²) in [7, 11) is 2.65. The number of benzene rings is 3. The van der Waals surface area contributed by atoms with Crippen molar-refractivity contribution in [2.45, 2.75) is 68.2 Å². The summed E-state index contributed by atoms with van der Waals surface area (Å²) in [6, 6.07) is 6.30. The predicted octanol–water partition coefficient (Wildman–Crippen LogP) is 6.63. The zero-order valence-electron chi connectivity index (χ0n) is 29.0. The van der Waals surface area contributed by atoms with Gasteiger partial charge in [0.1, 0.15) is 22.8 Å². The number of ketones is 2. The molecule has 252 valence electrons. The lowest BCUT2D eigenvalue weighted by molar-refractivity contribution is -0.143. The Labute approximate surface area is 279 Å². The highest BCUT2D eigenvalue weighted by Gasteiger charge is 2.41. The zero-order chi connectivity index (χ0) is 35.5. The first-order chi connectivity index (χ1) is 22.4. The van der Waals surface area contributed by atoms with E-state index in [9.17, 15) is 24.0 Å². The second-order valence-electron chi connectivity index (χ2n) is 14.0. The van der Waals surface area contributed by atoms with Gasteiger partial charge in [-0.2, -0.15) is 0 Å². The van der Waals surface area contributed by atoms with Crippen molar-refractivity contribution in [3.63, 3.8) is 0 Å². The van der Waals surface area contributed by atoms with Gasteiger partial charge in [0.15, 0.2) is 11.5 Å². The first kappa shape index (κ1) is 34.3. The summed E-state index contributed by atoms with van der Waals surface area (Å²) in [4.78, 5) is 68.4. The van der Waals surface area contributed by atoms with Gasteiger partial charge in [0.25, 0.3) is 0 Å². The van der Waals surface area contributed by atoms with Crippen molar-refractivity contribution in [2.75, 3.05) is 20.8 Å². The van der Waals surface area contributed by atoms with E-state index in [1.807, 2.05) is 6.07 Å². The van der Waals surface area contributed by atoms with Crippen molar-refractivity contribution < 1.29 is 47.7 Å². The number of ether oxygens (including phenoxy) is 5. The van der Waals surface area contributed by atoms with Gasteiger partial charge in [0.2, 0.25) is 5.78 Å². The molecule has 3 aromatic carbocycles. The summed E-state index contributed by atoms with van der Waals surface area (Å²) in [6.45, 7) is 13.8. The monoisotopic (exact) mass is 656 g/mol. The Hall–Kier alpha value is -4.99. The summed E-state index contributed by atoms with van der Waals surface area (Å²) < 4.78 is 28.5. The second-order valence-corrected chi connectivity index (χ2v) is 14.0. The molecule has 10 heteroatoms. The maximum atomic E-state index is 14.5. The van der Waals surface area contributed by atoms with Crippen LogP contribution in [0.2, 0.25) is 0 Å². The van der Waals surface area contributed by atoms with Gasteiger partial charge in [0.05, 0.1) is 42.8 Å². The Kier molecular flexibility index (Phi) is 8.75. The summed E-state index contributed by atoms with van der Waals surface area (Å²) in [6.07, 6.45) is 0.894. The van der Waals surface area contributed by atoms with Gasteiger partial charge in [-0.3, -0.25) is 19.2 Å². The third-order valence-corrected chi connectivity index (χ3v) is 8.41. The highest BCUT2D eigenvalue weighted by molar-refractivity contribution is 6.31. The van der Waals surface area contributed by atoms with Crippen LogP contribution in [-0.2, 0) is 27.2 Å². The van der Waals surface area contributed by atoms with Crippen LogP contribution in [0.15, 0.2) is 24.3 Å². The van der Waals surface area contributed by atoms with E-state index in [0.717, 1.165) is 5.56 Å². The predicted molar refractivity (Wildman–Crippen MR) is 177 cm³/mol. The van der Waals surface area contributed by atoms with Gasteiger partial charge in [-0.15, -0.1) is 0 Å². The molecule has 0 heterocycles. The van der Waals surface area contributed by atoms with Crippen molar-refractivity contribution in [1.82, 2.24) is 0 Å². The largest absolute Gasteiger partial charge is 0.497 e. The lowest BCUT2D eigenvalue weighted by atomic mass is 9.75. The molecular formula is C38H40O10. The Morgan fingerprint density at radius 3 is 1.94 bits per heavy atom. The average Bonchev–Trinajstić information content (AvgIpc) is 3.01. The standard InChI is InChI=1S/C38H40O10/c1-11-46-32-21-13-12-19-14-18(2)26(34(41)45-10)33(48-36(43)38(6,7)8)27(19)22(21)17-24-29(32)31(40)28-23(30(24)39)15-20(44-9)16-25(28)47-35(42)37(3,4)5/h14-17H,11-13H2,1-10H3. The highest BCUT2D eigenvalue weighted by Crippen LogP contribution is 2.50. The van der Waals surface area contributed by atoms with E-state index in [2.05, 4.69) is 0 Å². The molecule has 0 spiro atoms. The summed E-state index contributed by atoms with van der Waals surface area (Å²) in [5.74, 6) is -2.56. The molecule has 0 fully saturated rings. The molecule has 0 aromatic heterocycles. The fraction of sp³-hybridized carbons (Fsp3) is 0.395. The Balaban J connectivity index is 1.83. The number of methoxy groups -OCH3 is 2. The van der Waals surface area contributed by atoms with E-state index in [1.54, 1.807) is 61.5 Å². The lowest BCUT2D eigenvalue weighted by Gasteiger charge is -2.31. The molecule has 5 rings (SSSR count). The highest BCUT2D eigenvalue weighted by atomic mass is 16.6. The molecule has 48 heavy (non-hydrogen) atoms. The molecule has 0 atom stereocenters. The van der Waals surface area contributed by atoms with Crippen LogP contribution in [-0.4, -0.2) is 50.3 Å². The van der Waals surface area contributed by atoms with Gasteiger partial charge >= 0.3 is 17.9 Å². The maximum absolute atomic E-state index is 14.5. The number of carbonyl (C=O) groups is 5. The molecule has 0 unspecified atom stereocenters. The number of rotatable bonds is 6. The smallest absolute Gasteiger partial charge is 0.341 e. The quantitative estimate of drug-likeness (QED) is 0.165. The fourth-order valence-corrected chi connectivity index (χ4v) is 5.91. The summed E-state index contributed by atoms with van der Waals surface area (Å²) >= 11 is 0. The number of hydrogen-bond donors (Lipinski definition) is 0.